The highest BCUT2D eigenvalue weighted by molar-refractivity contribution is 9.10. The Labute approximate surface area is 224 Å². The Morgan fingerprint density at radius 3 is 2.38 bits per heavy atom. The van der Waals surface area contributed by atoms with Crippen molar-refractivity contribution in [2.45, 2.75) is 11.8 Å². The number of nitrogens with zero attached hydrogens (tertiary/aromatic N) is 1. The minimum absolute atomic E-state index is 0.0114. The van der Waals surface area contributed by atoms with Crippen LogP contribution in [0, 0.1) is 6.92 Å². The van der Waals surface area contributed by atoms with Crippen molar-refractivity contribution in [3.8, 4) is 23.0 Å². The second-order valence-electron chi connectivity index (χ2n) is 7.55. The summed E-state index contributed by atoms with van der Waals surface area (Å²) in [6, 6.07) is 14.1. The quantitative estimate of drug-likeness (QED) is 0.147. The number of carbonyl (C=O) groups is 1. The van der Waals surface area contributed by atoms with Crippen LogP contribution in [0.5, 0.6) is 23.0 Å². The molecule has 0 aliphatic carbocycles. The maximum absolute atomic E-state index is 12.7. The smallest absolute Gasteiger partial charge is 0.339 e. The number of hydrazone groups is 1. The van der Waals surface area contributed by atoms with Crippen molar-refractivity contribution in [1.82, 2.24) is 5.43 Å². The number of benzene rings is 3. The molecule has 0 aromatic heterocycles. The van der Waals surface area contributed by atoms with Crippen molar-refractivity contribution in [2.75, 3.05) is 20.8 Å². The molecule has 0 saturated carbocycles. The number of ether oxygens (including phenoxy) is 3. The Morgan fingerprint density at radius 1 is 1.03 bits per heavy atom. The lowest BCUT2D eigenvalue weighted by molar-refractivity contribution is 0.0954. The van der Waals surface area contributed by atoms with E-state index in [0.29, 0.717) is 33.7 Å². The predicted octanol–water partition coefficient (Wildman–Crippen LogP) is 4.87. The summed E-state index contributed by atoms with van der Waals surface area (Å²) in [5.74, 6) is 0.530. The molecule has 1 N–H and O–H groups in total. The van der Waals surface area contributed by atoms with Crippen molar-refractivity contribution in [3.63, 3.8) is 0 Å². The maximum atomic E-state index is 12.7. The monoisotopic (exact) mass is 588 g/mol. The molecule has 0 unspecified atom stereocenters. The van der Waals surface area contributed by atoms with Crippen LogP contribution in [-0.4, -0.2) is 41.4 Å². The number of rotatable bonds is 11. The summed E-state index contributed by atoms with van der Waals surface area (Å²) in [5.41, 5.74) is 4.17. The second kappa shape index (κ2) is 12.4. The lowest BCUT2D eigenvalue weighted by Gasteiger charge is -2.13. The zero-order valence-corrected chi connectivity index (χ0v) is 22.8. The van der Waals surface area contributed by atoms with Crippen molar-refractivity contribution in [3.05, 3.63) is 88.4 Å². The van der Waals surface area contributed by atoms with E-state index in [1.165, 1.54) is 44.7 Å². The lowest BCUT2D eigenvalue weighted by atomic mass is 10.2. The van der Waals surface area contributed by atoms with E-state index in [4.69, 9.17) is 18.4 Å². The van der Waals surface area contributed by atoms with Crippen LogP contribution in [-0.2, 0) is 10.1 Å². The summed E-state index contributed by atoms with van der Waals surface area (Å²) in [5, 5.41) is 3.98. The van der Waals surface area contributed by atoms with E-state index in [0.717, 1.165) is 5.56 Å². The Kier molecular flexibility index (Phi) is 9.31. The zero-order valence-electron chi connectivity index (χ0n) is 20.4. The van der Waals surface area contributed by atoms with Crippen LogP contribution in [0.2, 0.25) is 0 Å². The molecular formula is C26H25BrN2O7S. The molecule has 0 heterocycles. The van der Waals surface area contributed by atoms with Gasteiger partial charge in [-0.3, -0.25) is 4.79 Å². The number of methoxy groups -OCH3 is 2. The minimum atomic E-state index is -4.10. The molecular weight excluding hydrogens is 564 g/mol. The second-order valence-corrected chi connectivity index (χ2v) is 9.95. The third-order valence-electron chi connectivity index (χ3n) is 4.92. The Hall–Kier alpha value is -3.83. The SMILES string of the molecule is C=CCOc1ccc(C(=O)N/N=C/c2cc(Br)c(OS(=O)(=O)c3ccc(C)cc3)c(OC)c2)cc1OC. The molecule has 0 bridgehead atoms. The summed E-state index contributed by atoms with van der Waals surface area (Å²) < 4.78 is 47.2. The molecule has 9 nitrogen and oxygen atoms in total. The van der Waals surface area contributed by atoms with Gasteiger partial charge in [0.05, 0.1) is 24.9 Å². The van der Waals surface area contributed by atoms with Gasteiger partial charge in [-0.05, 0) is 70.9 Å². The fourth-order valence-electron chi connectivity index (χ4n) is 3.06. The van der Waals surface area contributed by atoms with Gasteiger partial charge in [-0.25, -0.2) is 5.43 Å². The molecule has 37 heavy (non-hydrogen) atoms. The van der Waals surface area contributed by atoms with Crippen LogP contribution in [0.4, 0.5) is 0 Å². The molecule has 0 saturated heterocycles. The van der Waals surface area contributed by atoms with E-state index in [2.05, 4.69) is 33.0 Å². The van der Waals surface area contributed by atoms with Crippen molar-refractivity contribution < 1.29 is 31.6 Å². The van der Waals surface area contributed by atoms with Crippen LogP contribution in [0.25, 0.3) is 0 Å². The molecule has 0 aliphatic rings. The van der Waals surface area contributed by atoms with Crippen molar-refractivity contribution >= 4 is 38.2 Å². The van der Waals surface area contributed by atoms with E-state index in [1.807, 2.05) is 6.92 Å². The molecule has 3 aromatic rings. The number of carbonyl (C=O) groups excluding carboxylic acids is 1. The molecule has 11 heteroatoms. The van der Waals surface area contributed by atoms with Gasteiger partial charge in [0.25, 0.3) is 5.91 Å². The third-order valence-corrected chi connectivity index (χ3v) is 6.74. The van der Waals surface area contributed by atoms with Gasteiger partial charge in [0, 0.05) is 5.56 Å². The first-order chi connectivity index (χ1) is 17.7. The number of halogens is 1. The first kappa shape index (κ1) is 27.8. The zero-order chi connectivity index (χ0) is 27.0. The average Bonchev–Trinajstić information content (AvgIpc) is 2.88. The largest absolute Gasteiger partial charge is 0.493 e. The van der Waals surface area contributed by atoms with Gasteiger partial charge in [0.2, 0.25) is 0 Å². The van der Waals surface area contributed by atoms with Crippen molar-refractivity contribution in [1.29, 1.82) is 0 Å². The molecule has 0 atom stereocenters. The third kappa shape index (κ3) is 7.11. The van der Waals surface area contributed by atoms with E-state index in [-0.39, 0.29) is 16.4 Å². The van der Waals surface area contributed by atoms with Crippen LogP contribution in [0.1, 0.15) is 21.5 Å². The summed E-state index contributed by atoms with van der Waals surface area (Å²) >= 11 is 3.32. The Morgan fingerprint density at radius 2 is 1.73 bits per heavy atom. The lowest BCUT2D eigenvalue weighted by Crippen LogP contribution is -2.17. The minimum Gasteiger partial charge on any atom is -0.493 e. The van der Waals surface area contributed by atoms with E-state index < -0.39 is 16.0 Å². The molecule has 0 aliphatic heterocycles. The van der Waals surface area contributed by atoms with Gasteiger partial charge in [-0.2, -0.15) is 13.5 Å². The highest BCUT2D eigenvalue weighted by Crippen LogP contribution is 2.38. The van der Waals surface area contributed by atoms with E-state index in [1.54, 1.807) is 36.4 Å². The van der Waals surface area contributed by atoms with Crippen molar-refractivity contribution in [2.24, 2.45) is 5.10 Å². The predicted molar refractivity (Wildman–Crippen MR) is 143 cm³/mol. The first-order valence-electron chi connectivity index (χ1n) is 10.8. The van der Waals surface area contributed by atoms with Gasteiger partial charge in [-0.15, -0.1) is 0 Å². The van der Waals surface area contributed by atoms with Gasteiger partial charge in [-0.1, -0.05) is 30.4 Å². The number of hydrogen-bond acceptors (Lipinski definition) is 8. The Balaban J connectivity index is 1.75. The number of amides is 1. The maximum Gasteiger partial charge on any atom is 0.339 e. The average molecular weight is 589 g/mol. The molecule has 3 rings (SSSR count). The number of hydrogen-bond donors (Lipinski definition) is 1. The normalized spacial score (nSPS) is 11.1. The fraction of sp³-hybridized carbons (Fsp3) is 0.154. The van der Waals surface area contributed by atoms with E-state index in [9.17, 15) is 13.2 Å². The van der Waals surface area contributed by atoms with Gasteiger partial charge >= 0.3 is 10.1 Å². The molecule has 0 spiro atoms. The highest BCUT2D eigenvalue weighted by atomic mass is 79.9. The Bertz CT molecular complexity index is 1420. The summed E-state index contributed by atoms with van der Waals surface area (Å²) in [7, 11) is -1.24. The number of nitrogens with one attached hydrogen (secondary N) is 1. The molecule has 194 valence electrons. The van der Waals surface area contributed by atoms with Gasteiger partial charge in [0.1, 0.15) is 11.5 Å². The highest BCUT2D eigenvalue weighted by Gasteiger charge is 2.22. The van der Waals surface area contributed by atoms with Crippen LogP contribution < -0.4 is 23.8 Å². The molecule has 1 amide bonds. The molecule has 3 aromatic carbocycles. The topological polar surface area (TPSA) is 113 Å². The van der Waals surface area contributed by atoms with Gasteiger partial charge < -0.3 is 18.4 Å². The number of aryl methyl sites for hydroxylation is 1. The molecule has 0 fully saturated rings. The molecule has 0 radical (unpaired) electrons. The van der Waals surface area contributed by atoms with Crippen LogP contribution in [0.3, 0.4) is 0 Å². The van der Waals surface area contributed by atoms with Gasteiger partial charge in [0.15, 0.2) is 23.0 Å². The fourth-order valence-corrected chi connectivity index (χ4v) is 4.67. The standard InChI is InChI=1S/C26H25BrN2O7S/c1-5-12-35-22-11-8-19(15-23(22)33-3)26(30)29-28-16-18-13-21(27)25(24(14-18)34-4)36-37(31,32)20-9-6-17(2)7-10-20/h5-11,13-16H,1,12H2,2-4H3,(H,29,30)/b28-16+. The summed E-state index contributed by atoms with van der Waals surface area (Å²) in [4.78, 5) is 12.5. The first-order valence-corrected chi connectivity index (χ1v) is 13.0. The summed E-state index contributed by atoms with van der Waals surface area (Å²) in [6.07, 6.45) is 2.98. The van der Waals surface area contributed by atoms with Crippen LogP contribution in [0.15, 0.2) is 81.7 Å². The summed E-state index contributed by atoms with van der Waals surface area (Å²) in [6.45, 7) is 5.75. The van der Waals surface area contributed by atoms with Crippen LogP contribution >= 0.6 is 15.9 Å². The van der Waals surface area contributed by atoms with E-state index >= 15 is 0 Å².